The fourth-order valence-electron chi connectivity index (χ4n) is 4.43. The van der Waals surface area contributed by atoms with Crippen LogP contribution in [0.4, 0.5) is 0 Å². The molecule has 1 aromatic rings. The Morgan fingerprint density at radius 2 is 1.10 bits per heavy atom. The molecular weight excluding hydrogens is 364 g/mol. The molecule has 2 nitrogen and oxygen atoms in total. The third kappa shape index (κ3) is 11.6. The topological polar surface area (TPSA) is 17.8 Å². The summed E-state index contributed by atoms with van der Waals surface area (Å²) in [7, 11) is 0. The van der Waals surface area contributed by atoms with Gasteiger partial charge in [0.05, 0.1) is 5.69 Å². The maximum Gasteiger partial charge on any atom is 0.112 e. The van der Waals surface area contributed by atoms with Gasteiger partial charge in [0.2, 0.25) is 0 Å². The first-order valence-electron chi connectivity index (χ1n) is 13.6. The minimum Gasteiger partial charge on any atom is -0.332 e. The lowest BCUT2D eigenvalue weighted by molar-refractivity contribution is 0.494. The Morgan fingerprint density at radius 3 is 1.50 bits per heavy atom. The van der Waals surface area contributed by atoms with Crippen LogP contribution in [0, 0.1) is 0 Å². The van der Waals surface area contributed by atoms with E-state index in [9.17, 15) is 0 Å². The molecule has 0 spiro atoms. The standard InChI is InChI=1S/C28H54N2/c1-7-8-9-10-11-12-13-14-15-16-17-18-19-20-21-22-26(6)28-29-27(24(2)3)23-30(28)25(4)5/h23-26H,7-22H2,1-6H3. The summed E-state index contributed by atoms with van der Waals surface area (Å²) >= 11 is 0. The first-order valence-corrected chi connectivity index (χ1v) is 13.6. The lowest BCUT2D eigenvalue weighted by Crippen LogP contribution is -2.08. The quantitative estimate of drug-likeness (QED) is 0.204. The summed E-state index contributed by atoms with van der Waals surface area (Å²) in [5.74, 6) is 2.39. The van der Waals surface area contributed by atoms with Gasteiger partial charge < -0.3 is 4.57 Å². The molecule has 0 fully saturated rings. The van der Waals surface area contributed by atoms with E-state index >= 15 is 0 Å². The molecule has 0 aliphatic carbocycles. The Balaban J connectivity index is 2.03. The van der Waals surface area contributed by atoms with E-state index in [-0.39, 0.29) is 0 Å². The highest BCUT2D eigenvalue weighted by atomic mass is 15.1. The molecule has 1 unspecified atom stereocenters. The predicted octanol–water partition coefficient (Wildman–Crippen LogP) is 9.95. The number of imidazole rings is 1. The van der Waals surface area contributed by atoms with Crippen molar-refractivity contribution >= 4 is 0 Å². The number of unbranched alkanes of at least 4 members (excludes halogenated alkanes) is 14. The van der Waals surface area contributed by atoms with Gasteiger partial charge in [-0.2, -0.15) is 0 Å². The van der Waals surface area contributed by atoms with Crippen molar-refractivity contribution in [1.82, 2.24) is 9.55 Å². The zero-order valence-corrected chi connectivity index (χ0v) is 21.5. The molecule has 1 atom stereocenters. The molecule has 0 radical (unpaired) electrons. The Labute approximate surface area is 189 Å². The van der Waals surface area contributed by atoms with Crippen molar-refractivity contribution in [3.05, 3.63) is 17.7 Å². The van der Waals surface area contributed by atoms with Crippen molar-refractivity contribution in [2.75, 3.05) is 0 Å². The second kappa shape index (κ2) is 16.8. The van der Waals surface area contributed by atoms with Crippen molar-refractivity contribution in [2.24, 2.45) is 0 Å². The zero-order valence-electron chi connectivity index (χ0n) is 21.5. The molecule has 0 saturated carbocycles. The average molecular weight is 419 g/mol. The van der Waals surface area contributed by atoms with Crippen molar-refractivity contribution < 1.29 is 0 Å². The lowest BCUT2D eigenvalue weighted by Gasteiger charge is -2.16. The third-order valence-corrected chi connectivity index (χ3v) is 6.61. The minimum atomic E-state index is 0.503. The second-order valence-electron chi connectivity index (χ2n) is 10.3. The van der Waals surface area contributed by atoms with Gasteiger partial charge in [0, 0.05) is 18.2 Å². The van der Waals surface area contributed by atoms with Crippen LogP contribution in [0.1, 0.15) is 174 Å². The zero-order chi connectivity index (χ0) is 22.2. The van der Waals surface area contributed by atoms with Crippen LogP contribution < -0.4 is 0 Å². The Morgan fingerprint density at radius 1 is 0.667 bits per heavy atom. The van der Waals surface area contributed by atoms with Crippen LogP contribution in [-0.4, -0.2) is 9.55 Å². The smallest absolute Gasteiger partial charge is 0.112 e. The molecule has 30 heavy (non-hydrogen) atoms. The first-order chi connectivity index (χ1) is 14.5. The molecule has 1 heterocycles. The van der Waals surface area contributed by atoms with Crippen LogP contribution in [0.5, 0.6) is 0 Å². The second-order valence-corrected chi connectivity index (χ2v) is 10.3. The van der Waals surface area contributed by atoms with E-state index in [4.69, 9.17) is 4.98 Å². The summed E-state index contributed by atoms with van der Waals surface area (Å²) in [4.78, 5) is 4.98. The van der Waals surface area contributed by atoms with E-state index < -0.39 is 0 Å². The van der Waals surface area contributed by atoms with Crippen LogP contribution >= 0.6 is 0 Å². The molecule has 0 aliphatic heterocycles. The maximum absolute atomic E-state index is 4.98. The molecule has 0 aromatic carbocycles. The average Bonchev–Trinajstić information content (AvgIpc) is 3.17. The van der Waals surface area contributed by atoms with E-state index in [0.29, 0.717) is 17.9 Å². The molecule has 1 rings (SSSR count). The van der Waals surface area contributed by atoms with Crippen LogP contribution in [0.2, 0.25) is 0 Å². The monoisotopic (exact) mass is 418 g/mol. The van der Waals surface area contributed by atoms with Crippen LogP contribution in [-0.2, 0) is 0 Å². The summed E-state index contributed by atoms with van der Waals surface area (Å²) in [6, 6.07) is 0.503. The molecule has 0 bridgehead atoms. The van der Waals surface area contributed by atoms with E-state index in [1.54, 1.807) is 0 Å². The van der Waals surface area contributed by atoms with Gasteiger partial charge in [-0.3, -0.25) is 0 Å². The largest absolute Gasteiger partial charge is 0.332 e. The van der Waals surface area contributed by atoms with Crippen LogP contribution in [0.15, 0.2) is 6.20 Å². The molecule has 176 valence electrons. The summed E-state index contributed by atoms with van der Waals surface area (Å²) in [6.45, 7) is 13.7. The number of hydrogen-bond acceptors (Lipinski definition) is 1. The van der Waals surface area contributed by atoms with Gasteiger partial charge in [-0.25, -0.2) is 4.98 Å². The Bertz CT molecular complexity index is 515. The molecule has 0 aliphatic rings. The number of hydrogen-bond donors (Lipinski definition) is 0. The van der Waals surface area contributed by atoms with E-state index in [2.05, 4.69) is 52.3 Å². The fourth-order valence-corrected chi connectivity index (χ4v) is 4.43. The number of rotatable bonds is 19. The molecule has 2 heteroatoms. The van der Waals surface area contributed by atoms with Crippen LogP contribution in [0.25, 0.3) is 0 Å². The number of aromatic nitrogens is 2. The normalized spacial score (nSPS) is 12.9. The highest BCUT2D eigenvalue weighted by Gasteiger charge is 2.17. The molecule has 0 N–H and O–H groups in total. The fraction of sp³-hybridized carbons (Fsp3) is 0.893. The predicted molar refractivity (Wildman–Crippen MR) is 135 cm³/mol. The van der Waals surface area contributed by atoms with Crippen molar-refractivity contribution in [2.45, 2.75) is 162 Å². The van der Waals surface area contributed by atoms with Gasteiger partial charge in [-0.1, -0.05) is 124 Å². The summed E-state index contributed by atoms with van der Waals surface area (Å²) in [5, 5.41) is 0. The number of nitrogens with zero attached hydrogens (tertiary/aromatic N) is 2. The summed E-state index contributed by atoms with van der Waals surface area (Å²) < 4.78 is 2.41. The molecule has 0 amide bonds. The van der Waals surface area contributed by atoms with E-state index in [1.807, 2.05) is 0 Å². The lowest BCUT2D eigenvalue weighted by atomic mass is 10.00. The van der Waals surface area contributed by atoms with Gasteiger partial charge in [0.15, 0.2) is 0 Å². The maximum atomic E-state index is 4.98. The van der Waals surface area contributed by atoms with E-state index in [1.165, 1.54) is 114 Å². The summed E-state index contributed by atoms with van der Waals surface area (Å²) in [5.41, 5.74) is 1.25. The Hall–Kier alpha value is -0.790. The van der Waals surface area contributed by atoms with Crippen molar-refractivity contribution in [1.29, 1.82) is 0 Å². The van der Waals surface area contributed by atoms with Crippen LogP contribution in [0.3, 0.4) is 0 Å². The van der Waals surface area contributed by atoms with Gasteiger partial charge in [0.25, 0.3) is 0 Å². The highest BCUT2D eigenvalue weighted by Crippen LogP contribution is 2.27. The van der Waals surface area contributed by atoms with Crippen molar-refractivity contribution in [3.63, 3.8) is 0 Å². The molecule has 0 saturated heterocycles. The third-order valence-electron chi connectivity index (χ3n) is 6.61. The highest BCUT2D eigenvalue weighted by molar-refractivity contribution is 5.12. The van der Waals surface area contributed by atoms with Gasteiger partial charge in [-0.15, -0.1) is 0 Å². The SMILES string of the molecule is CCCCCCCCCCCCCCCCCC(C)c1nc(C(C)C)cn1C(C)C. The first kappa shape index (κ1) is 27.2. The minimum absolute atomic E-state index is 0.503. The summed E-state index contributed by atoms with van der Waals surface area (Å²) in [6.07, 6.45) is 25.1. The van der Waals surface area contributed by atoms with E-state index in [0.717, 1.165) is 0 Å². The van der Waals surface area contributed by atoms with Gasteiger partial charge >= 0.3 is 0 Å². The van der Waals surface area contributed by atoms with Gasteiger partial charge in [0.1, 0.15) is 5.82 Å². The van der Waals surface area contributed by atoms with Gasteiger partial charge in [-0.05, 0) is 26.2 Å². The molecule has 1 aromatic heterocycles. The Kier molecular flexibility index (Phi) is 15.3. The molecular formula is C28H54N2. The van der Waals surface area contributed by atoms with Crippen molar-refractivity contribution in [3.8, 4) is 0 Å².